The van der Waals surface area contributed by atoms with Gasteiger partial charge in [0.15, 0.2) is 0 Å². The Morgan fingerprint density at radius 2 is 1.85 bits per heavy atom. The van der Waals surface area contributed by atoms with E-state index in [9.17, 15) is 4.79 Å². The molecule has 1 heterocycles. The van der Waals surface area contributed by atoms with Crippen molar-refractivity contribution in [1.82, 2.24) is 4.57 Å². The van der Waals surface area contributed by atoms with Crippen LogP contribution in [-0.2, 0) is 6.54 Å². The van der Waals surface area contributed by atoms with Crippen LogP contribution in [0.4, 0.5) is 0 Å². The van der Waals surface area contributed by atoms with Crippen LogP contribution in [0.2, 0.25) is 5.02 Å². The van der Waals surface area contributed by atoms with Crippen molar-refractivity contribution in [3.05, 3.63) is 62.4 Å². The van der Waals surface area contributed by atoms with Gasteiger partial charge in [-0.1, -0.05) is 11.6 Å². The van der Waals surface area contributed by atoms with E-state index >= 15 is 0 Å². The molecule has 0 aliphatic rings. The number of pyridine rings is 1. The van der Waals surface area contributed by atoms with E-state index in [0.29, 0.717) is 18.2 Å². The average molecular weight is 357 g/mol. The molecule has 0 fully saturated rings. The molecule has 0 spiro atoms. The summed E-state index contributed by atoms with van der Waals surface area (Å²) in [5.41, 5.74) is 0.0202. The zero-order valence-electron chi connectivity index (χ0n) is 10.9. The Morgan fingerprint density at radius 1 is 1.10 bits per heavy atom. The van der Waals surface area contributed by atoms with Gasteiger partial charge in [0.2, 0.25) is 0 Å². The Kier molecular flexibility index (Phi) is 5.68. The lowest BCUT2D eigenvalue weighted by molar-refractivity contribution is 0.303. The Labute approximate surface area is 131 Å². The van der Waals surface area contributed by atoms with Crippen molar-refractivity contribution < 1.29 is 4.74 Å². The number of ether oxygens (including phenoxy) is 1. The van der Waals surface area contributed by atoms with Crippen molar-refractivity contribution in [3.63, 3.8) is 0 Å². The van der Waals surface area contributed by atoms with E-state index in [1.54, 1.807) is 28.8 Å². The molecule has 0 saturated heterocycles. The smallest absolute Gasteiger partial charge is 0.250 e. The predicted molar refractivity (Wildman–Crippen MR) is 84.6 cm³/mol. The van der Waals surface area contributed by atoms with Gasteiger partial charge in [-0.25, -0.2) is 0 Å². The molecule has 20 heavy (non-hydrogen) atoms. The Balaban J connectivity index is 1.73. The molecule has 1 aromatic carbocycles. The zero-order valence-corrected chi connectivity index (χ0v) is 13.2. The minimum atomic E-state index is 0.0202. The monoisotopic (exact) mass is 355 g/mol. The quantitative estimate of drug-likeness (QED) is 0.729. The number of hydrogen-bond acceptors (Lipinski definition) is 2. The molecule has 0 aliphatic heterocycles. The Bertz CT molecular complexity index is 610. The summed E-state index contributed by atoms with van der Waals surface area (Å²) in [6.07, 6.45) is 3.59. The topological polar surface area (TPSA) is 31.2 Å². The maximum absolute atomic E-state index is 11.6. The second-order valence-electron chi connectivity index (χ2n) is 4.39. The molecule has 0 bridgehead atoms. The van der Waals surface area contributed by atoms with E-state index in [0.717, 1.165) is 23.1 Å². The van der Waals surface area contributed by atoms with Gasteiger partial charge in [0, 0.05) is 28.3 Å². The normalized spacial score (nSPS) is 10.5. The molecule has 2 rings (SSSR count). The van der Waals surface area contributed by atoms with Gasteiger partial charge in [0.25, 0.3) is 5.56 Å². The van der Waals surface area contributed by atoms with E-state index in [1.807, 2.05) is 18.3 Å². The average Bonchev–Trinajstić information content (AvgIpc) is 2.44. The van der Waals surface area contributed by atoms with Gasteiger partial charge in [-0.3, -0.25) is 4.79 Å². The molecule has 0 amide bonds. The lowest BCUT2D eigenvalue weighted by Gasteiger charge is -2.08. The molecule has 0 aliphatic carbocycles. The van der Waals surface area contributed by atoms with E-state index in [2.05, 4.69) is 15.9 Å². The van der Waals surface area contributed by atoms with Crippen LogP contribution in [0.1, 0.15) is 12.8 Å². The first-order valence-electron chi connectivity index (χ1n) is 6.39. The lowest BCUT2D eigenvalue weighted by Crippen LogP contribution is -2.18. The first-order chi connectivity index (χ1) is 9.65. The van der Waals surface area contributed by atoms with Gasteiger partial charge in [0.1, 0.15) is 5.75 Å². The number of halogens is 2. The summed E-state index contributed by atoms with van der Waals surface area (Å²) in [6.45, 7) is 1.33. The van der Waals surface area contributed by atoms with Gasteiger partial charge in [0.05, 0.1) is 6.61 Å². The number of unbranched alkanes of at least 4 members (excludes halogenated alkanes) is 1. The van der Waals surface area contributed by atoms with Crippen molar-refractivity contribution >= 4 is 27.5 Å². The van der Waals surface area contributed by atoms with Gasteiger partial charge in [-0.05, 0) is 59.1 Å². The van der Waals surface area contributed by atoms with Crippen molar-refractivity contribution in [2.45, 2.75) is 19.4 Å². The van der Waals surface area contributed by atoms with E-state index in [4.69, 9.17) is 16.3 Å². The molecule has 0 atom stereocenters. The summed E-state index contributed by atoms with van der Waals surface area (Å²) in [5, 5.41) is 0.700. The van der Waals surface area contributed by atoms with Gasteiger partial charge < -0.3 is 9.30 Å². The van der Waals surface area contributed by atoms with Crippen molar-refractivity contribution in [2.75, 3.05) is 6.61 Å². The minimum Gasteiger partial charge on any atom is -0.494 e. The molecular weight excluding hydrogens is 342 g/mol. The summed E-state index contributed by atoms with van der Waals surface area (Å²) in [7, 11) is 0. The summed E-state index contributed by atoms with van der Waals surface area (Å²) in [5.74, 6) is 0.814. The largest absolute Gasteiger partial charge is 0.494 e. The summed E-state index contributed by atoms with van der Waals surface area (Å²) in [4.78, 5) is 11.6. The number of nitrogens with zero attached hydrogens (tertiary/aromatic N) is 1. The number of aromatic nitrogens is 1. The highest BCUT2D eigenvalue weighted by atomic mass is 79.9. The van der Waals surface area contributed by atoms with E-state index in [1.165, 1.54) is 0 Å². The third kappa shape index (κ3) is 4.69. The SMILES string of the molecule is O=c1ccc(Br)cn1CCCCOc1ccc(Cl)cc1. The van der Waals surface area contributed by atoms with Crippen LogP contribution < -0.4 is 10.3 Å². The molecule has 0 N–H and O–H groups in total. The second kappa shape index (κ2) is 7.50. The van der Waals surface area contributed by atoms with Gasteiger partial charge >= 0.3 is 0 Å². The number of benzene rings is 1. The van der Waals surface area contributed by atoms with Crippen LogP contribution in [0.25, 0.3) is 0 Å². The molecule has 0 unspecified atom stereocenters. The fourth-order valence-electron chi connectivity index (χ4n) is 1.78. The van der Waals surface area contributed by atoms with Crippen molar-refractivity contribution in [2.24, 2.45) is 0 Å². The molecule has 5 heteroatoms. The summed E-state index contributed by atoms with van der Waals surface area (Å²) < 4.78 is 8.21. The van der Waals surface area contributed by atoms with Crippen LogP contribution in [0.5, 0.6) is 5.75 Å². The van der Waals surface area contributed by atoms with Crippen molar-refractivity contribution in [1.29, 1.82) is 0 Å². The van der Waals surface area contributed by atoms with Gasteiger partial charge in [-0.2, -0.15) is 0 Å². The lowest BCUT2D eigenvalue weighted by atomic mass is 10.3. The number of rotatable bonds is 6. The molecule has 0 radical (unpaired) electrons. The minimum absolute atomic E-state index is 0.0202. The zero-order chi connectivity index (χ0) is 14.4. The maximum atomic E-state index is 11.6. The van der Waals surface area contributed by atoms with Crippen molar-refractivity contribution in [3.8, 4) is 5.75 Å². The number of hydrogen-bond donors (Lipinski definition) is 0. The standard InChI is InChI=1S/C15H15BrClNO2/c16-12-3-8-15(19)18(11-12)9-1-2-10-20-14-6-4-13(17)5-7-14/h3-8,11H,1-2,9-10H2. The first-order valence-corrected chi connectivity index (χ1v) is 7.56. The third-order valence-electron chi connectivity index (χ3n) is 2.82. The van der Waals surface area contributed by atoms with Crippen LogP contribution in [0, 0.1) is 0 Å². The van der Waals surface area contributed by atoms with Gasteiger partial charge in [-0.15, -0.1) is 0 Å². The molecule has 3 nitrogen and oxygen atoms in total. The van der Waals surface area contributed by atoms with Crippen LogP contribution in [0.3, 0.4) is 0 Å². The predicted octanol–water partition coefficient (Wildman–Crippen LogP) is 4.12. The Morgan fingerprint density at radius 3 is 2.60 bits per heavy atom. The fraction of sp³-hybridized carbons (Fsp3) is 0.267. The third-order valence-corrected chi connectivity index (χ3v) is 3.54. The summed E-state index contributed by atoms with van der Waals surface area (Å²) >= 11 is 9.16. The second-order valence-corrected chi connectivity index (χ2v) is 5.74. The van der Waals surface area contributed by atoms with E-state index in [-0.39, 0.29) is 5.56 Å². The Hall–Kier alpha value is -1.26. The molecular formula is C15H15BrClNO2. The molecule has 0 saturated carbocycles. The number of aryl methyl sites for hydroxylation is 1. The maximum Gasteiger partial charge on any atom is 0.250 e. The fourth-order valence-corrected chi connectivity index (χ4v) is 2.29. The van der Waals surface area contributed by atoms with Crippen LogP contribution >= 0.6 is 27.5 Å². The highest BCUT2D eigenvalue weighted by Gasteiger charge is 1.98. The highest BCUT2D eigenvalue weighted by molar-refractivity contribution is 9.10. The molecule has 2 aromatic rings. The molecule has 1 aromatic heterocycles. The van der Waals surface area contributed by atoms with E-state index < -0.39 is 0 Å². The van der Waals surface area contributed by atoms with Crippen LogP contribution in [-0.4, -0.2) is 11.2 Å². The first kappa shape index (κ1) is 15.1. The van der Waals surface area contributed by atoms with Crippen LogP contribution in [0.15, 0.2) is 51.9 Å². The molecule has 106 valence electrons. The summed E-state index contributed by atoms with van der Waals surface area (Å²) in [6, 6.07) is 10.6. The highest BCUT2D eigenvalue weighted by Crippen LogP contribution is 2.15.